The van der Waals surface area contributed by atoms with E-state index in [9.17, 15) is 9.90 Å². The molecule has 1 aromatic rings. The lowest BCUT2D eigenvalue weighted by molar-refractivity contribution is 0.151. The normalized spacial score (nSPS) is 16.9. The molecule has 80 valence electrons. The van der Waals surface area contributed by atoms with Crippen LogP contribution >= 0.6 is 0 Å². The fourth-order valence-electron chi connectivity index (χ4n) is 1.46. The molecule has 1 fully saturated rings. The Kier molecular flexibility index (Phi) is 2.36. The molecule has 1 amide bonds. The molecule has 0 aromatic heterocycles. The summed E-state index contributed by atoms with van der Waals surface area (Å²) in [6, 6.07) is 7.18. The molecule has 0 aliphatic heterocycles. The maximum atomic E-state index is 11.0. The van der Waals surface area contributed by atoms with E-state index in [0.29, 0.717) is 5.69 Å². The van der Waals surface area contributed by atoms with Crippen LogP contribution in [0.5, 0.6) is 0 Å². The van der Waals surface area contributed by atoms with Crippen LogP contribution in [0, 0.1) is 0 Å². The molecule has 0 atom stereocenters. The molecule has 2 rings (SSSR count). The summed E-state index contributed by atoms with van der Waals surface area (Å²) in [5, 5.41) is 12.4. The first kappa shape index (κ1) is 9.98. The lowest BCUT2D eigenvalue weighted by atomic mass is 10.1. The predicted octanol–water partition coefficient (Wildman–Crippen LogP) is 1.85. The number of carbonyl (C=O) groups excluding carboxylic acids is 1. The molecule has 0 radical (unpaired) electrons. The molecule has 0 spiro atoms. The maximum Gasteiger partial charge on any atom is 0.411 e. The van der Waals surface area contributed by atoms with Crippen molar-refractivity contribution in [1.29, 1.82) is 0 Å². The molecule has 15 heavy (non-hydrogen) atoms. The second-order valence-electron chi connectivity index (χ2n) is 3.73. The van der Waals surface area contributed by atoms with Crippen LogP contribution in [-0.4, -0.2) is 18.3 Å². The largest absolute Gasteiger partial charge is 0.453 e. The highest BCUT2D eigenvalue weighted by molar-refractivity contribution is 5.84. The number of rotatable bonds is 2. The van der Waals surface area contributed by atoms with Crippen LogP contribution in [0.25, 0.3) is 0 Å². The van der Waals surface area contributed by atoms with Gasteiger partial charge in [-0.2, -0.15) is 0 Å². The van der Waals surface area contributed by atoms with Crippen molar-refractivity contribution in [2.24, 2.45) is 0 Å². The van der Waals surface area contributed by atoms with Crippen LogP contribution in [0.2, 0.25) is 0 Å². The van der Waals surface area contributed by atoms with E-state index in [1.54, 1.807) is 18.2 Å². The lowest BCUT2D eigenvalue weighted by Crippen LogP contribution is -2.12. The van der Waals surface area contributed by atoms with Crippen molar-refractivity contribution in [1.82, 2.24) is 0 Å². The molecule has 0 heterocycles. The van der Waals surface area contributed by atoms with Gasteiger partial charge < -0.3 is 9.84 Å². The summed E-state index contributed by atoms with van der Waals surface area (Å²) in [7, 11) is 1.31. The minimum absolute atomic E-state index is 0.505. The SMILES string of the molecule is COC(=O)Nc1cccc(C2(O)CC2)c1. The third-order valence-corrected chi connectivity index (χ3v) is 2.56. The van der Waals surface area contributed by atoms with Gasteiger partial charge in [0.1, 0.15) is 0 Å². The Hall–Kier alpha value is -1.55. The van der Waals surface area contributed by atoms with Crippen LogP contribution in [-0.2, 0) is 10.3 Å². The van der Waals surface area contributed by atoms with Crippen molar-refractivity contribution in [3.05, 3.63) is 29.8 Å². The number of benzene rings is 1. The van der Waals surface area contributed by atoms with Gasteiger partial charge in [0.05, 0.1) is 12.7 Å². The topological polar surface area (TPSA) is 58.6 Å². The third-order valence-electron chi connectivity index (χ3n) is 2.56. The summed E-state index contributed by atoms with van der Waals surface area (Å²) in [6.45, 7) is 0. The summed E-state index contributed by atoms with van der Waals surface area (Å²) in [6.07, 6.45) is 1.07. The Morgan fingerprint density at radius 2 is 2.27 bits per heavy atom. The number of methoxy groups -OCH3 is 1. The van der Waals surface area contributed by atoms with Crippen molar-refractivity contribution >= 4 is 11.8 Å². The van der Waals surface area contributed by atoms with Crippen molar-refractivity contribution in [3.63, 3.8) is 0 Å². The maximum absolute atomic E-state index is 11.0. The zero-order chi connectivity index (χ0) is 10.9. The molecule has 4 heteroatoms. The van der Waals surface area contributed by atoms with Crippen LogP contribution in [0.4, 0.5) is 10.5 Å². The highest BCUT2D eigenvalue weighted by Crippen LogP contribution is 2.45. The second-order valence-corrected chi connectivity index (χ2v) is 3.73. The summed E-state index contributed by atoms with van der Waals surface area (Å²) in [5.74, 6) is 0. The molecule has 2 N–H and O–H groups in total. The Bertz CT molecular complexity index is 385. The summed E-state index contributed by atoms with van der Waals surface area (Å²) in [5.41, 5.74) is 0.810. The van der Waals surface area contributed by atoms with E-state index in [0.717, 1.165) is 18.4 Å². The lowest BCUT2D eigenvalue weighted by Gasteiger charge is -2.10. The molecule has 0 unspecified atom stereocenters. The van der Waals surface area contributed by atoms with Crippen molar-refractivity contribution in [3.8, 4) is 0 Å². The highest BCUT2D eigenvalue weighted by Gasteiger charge is 2.42. The van der Waals surface area contributed by atoms with Gasteiger partial charge in [0.25, 0.3) is 0 Å². The minimum atomic E-state index is -0.673. The average molecular weight is 207 g/mol. The molecule has 0 bridgehead atoms. The standard InChI is InChI=1S/C11H13NO3/c1-15-10(13)12-9-4-2-3-8(7-9)11(14)5-6-11/h2-4,7,14H,5-6H2,1H3,(H,12,13). The highest BCUT2D eigenvalue weighted by atomic mass is 16.5. The number of amides is 1. The van der Waals surface area contributed by atoms with Gasteiger partial charge in [-0.1, -0.05) is 12.1 Å². The monoisotopic (exact) mass is 207 g/mol. The molecule has 0 saturated heterocycles. The fourth-order valence-corrected chi connectivity index (χ4v) is 1.46. The smallest absolute Gasteiger partial charge is 0.411 e. The molecule has 1 aliphatic carbocycles. The number of anilines is 1. The molecule has 1 saturated carbocycles. The Balaban J connectivity index is 2.16. The van der Waals surface area contributed by atoms with Gasteiger partial charge in [-0.15, -0.1) is 0 Å². The van der Waals surface area contributed by atoms with E-state index >= 15 is 0 Å². The van der Waals surface area contributed by atoms with Gasteiger partial charge >= 0.3 is 6.09 Å². The van der Waals surface area contributed by atoms with Gasteiger partial charge in [0.15, 0.2) is 0 Å². The van der Waals surface area contributed by atoms with Gasteiger partial charge in [-0.3, -0.25) is 5.32 Å². The van der Waals surface area contributed by atoms with Crippen LogP contribution in [0.1, 0.15) is 18.4 Å². The Morgan fingerprint density at radius 3 is 2.87 bits per heavy atom. The molecule has 1 aromatic carbocycles. The number of hydrogen-bond acceptors (Lipinski definition) is 3. The average Bonchev–Trinajstić information content (AvgIpc) is 2.98. The van der Waals surface area contributed by atoms with Crippen LogP contribution in [0.15, 0.2) is 24.3 Å². The number of ether oxygens (including phenoxy) is 1. The number of nitrogens with one attached hydrogen (secondary N) is 1. The number of carbonyl (C=O) groups is 1. The first-order chi connectivity index (χ1) is 7.14. The number of aliphatic hydroxyl groups is 1. The zero-order valence-electron chi connectivity index (χ0n) is 8.49. The Labute approximate surface area is 87.9 Å². The summed E-state index contributed by atoms with van der Waals surface area (Å²) < 4.78 is 4.48. The second kappa shape index (κ2) is 3.55. The van der Waals surface area contributed by atoms with Gasteiger partial charge in [0, 0.05) is 5.69 Å². The quantitative estimate of drug-likeness (QED) is 0.778. The number of hydrogen-bond donors (Lipinski definition) is 2. The van der Waals surface area contributed by atoms with E-state index in [4.69, 9.17) is 0 Å². The Morgan fingerprint density at radius 1 is 1.53 bits per heavy atom. The van der Waals surface area contributed by atoms with Gasteiger partial charge in [-0.05, 0) is 30.5 Å². The molecular formula is C11H13NO3. The molecule has 4 nitrogen and oxygen atoms in total. The first-order valence-electron chi connectivity index (χ1n) is 4.82. The summed E-state index contributed by atoms with van der Waals surface area (Å²) >= 11 is 0. The first-order valence-corrected chi connectivity index (χ1v) is 4.82. The van der Waals surface area contributed by atoms with Crippen molar-refractivity contribution in [2.45, 2.75) is 18.4 Å². The van der Waals surface area contributed by atoms with E-state index in [1.165, 1.54) is 7.11 Å². The fraction of sp³-hybridized carbons (Fsp3) is 0.364. The van der Waals surface area contributed by atoms with Crippen molar-refractivity contribution in [2.75, 3.05) is 12.4 Å². The van der Waals surface area contributed by atoms with E-state index in [1.807, 2.05) is 6.07 Å². The molecule has 1 aliphatic rings. The minimum Gasteiger partial charge on any atom is -0.453 e. The zero-order valence-corrected chi connectivity index (χ0v) is 8.49. The van der Waals surface area contributed by atoms with E-state index in [2.05, 4.69) is 10.1 Å². The predicted molar refractivity (Wildman–Crippen MR) is 55.6 cm³/mol. The summed E-state index contributed by atoms with van der Waals surface area (Å²) in [4.78, 5) is 11.0. The van der Waals surface area contributed by atoms with Crippen LogP contribution in [0.3, 0.4) is 0 Å². The molecular weight excluding hydrogens is 194 g/mol. The van der Waals surface area contributed by atoms with Gasteiger partial charge in [0.2, 0.25) is 0 Å². The van der Waals surface area contributed by atoms with Crippen molar-refractivity contribution < 1.29 is 14.6 Å². The van der Waals surface area contributed by atoms with Crippen LogP contribution < -0.4 is 5.32 Å². The van der Waals surface area contributed by atoms with Gasteiger partial charge in [-0.25, -0.2) is 4.79 Å². The van der Waals surface area contributed by atoms with E-state index in [-0.39, 0.29) is 0 Å². The van der Waals surface area contributed by atoms with E-state index < -0.39 is 11.7 Å². The third kappa shape index (κ3) is 2.10.